The van der Waals surface area contributed by atoms with E-state index in [-0.39, 0.29) is 23.4 Å². The van der Waals surface area contributed by atoms with Crippen LogP contribution >= 0.6 is 11.3 Å². The van der Waals surface area contributed by atoms with Crippen molar-refractivity contribution in [1.82, 2.24) is 15.2 Å². The van der Waals surface area contributed by atoms with Crippen LogP contribution < -0.4 is 16.0 Å². The zero-order chi connectivity index (χ0) is 27.1. The molecule has 2 aliphatic heterocycles. The fourth-order valence-electron chi connectivity index (χ4n) is 5.25. The third-order valence-corrected chi connectivity index (χ3v) is 9.04. The standard InChI is InChI=1S/C29H29N7O3S/c1-29(13-7-14-29)27-33-22(26(40-27)30-18-12-15-38-16-18)25-35-36-28(39-25)34-23-24(37)31-20-11-6-5-10-19(20)21(32-23)17-8-3-2-4-9-17/h2-6,8-11,18,23,30H,7,12-16H2,1H3,(H,31,37)(H,34,36)/t18-,23-/m1/s1. The second-order valence-electron chi connectivity index (χ2n) is 10.7. The van der Waals surface area contributed by atoms with Gasteiger partial charge in [-0.05, 0) is 25.3 Å². The summed E-state index contributed by atoms with van der Waals surface area (Å²) in [5, 5.41) is 20.1. The van der Waals surface area contributed by atoms with Gasteiger partial charge in [-0.1, -0.05) is 67.0 Å². The molecule has 40 heavy (non-hydrogen) atoms. The van der Waals surface area contributed by atoms with Crippen LogP contribution in [-0.4, -0.2) is 52.2 Å². The predicted molar refractivity (Wildman–Crippen MR) is 154 cm³/mol. The number of benzene rings is 2. The van der Waals surface area contributed by atoms with Gasteiger partial charge in [0.2, 0.25) is 6.17 Å². The summed E-state index contributed by atoms with van der Waals surface area (Å²) < 4.78 is 11.6. The summed E-state index contributed by atoms with van der Waals surface area (Å²) in [6.45, 7) is 3.65. The quantitative estimate of drug-likeness (QED) is 0.289. The van der Waals surface area contributed by atoms with Gasteiger partial charge in [0.15, 0.2) is 5.69 Å². The molecule has 3 aliphatic rings. The molecule has 0 radical (unpaired) electrons. The van der Waals surface area contributed by atoms with E-state index in [0.717, 1.165) is 47.0 Å². The second kappa shape index (κ2) is 10.1. The number of aliphatic imine (C=N–C) groups is 1. The highest BCUT2D eigenvalue weighted by atomic mass is 32.1. The third-order valence-electron chi connectivity index (χ3n) is 7.75. The molecule has 0 bridgehead atoms. The number of nitrogens with zero attached hydrogens (tertiary/aromatic N) is 4. The van der Waals surface area contributed by atoms with Crippen LogP contribution in [0.1, 0.15) is 48.7 Å². The molecule has 1 amide bonds. The minimum atomic E-state index is -0.982. The summed E-state index contributed by atoms with van der Waals surface area (Å²) in [5.41, 5.74) is 3.82. The van der Waals surface area contributed by atoms with Crippen LogP contribution in [0, 0.1) is 0 Å². The predicted octanol–water partition coefficient (Wildman–Crippen LogP) is 5.06. The zero-order valence-electron chi connectivity index (χ0n) is 22.0. The lowest BCUT2D eigenvalue weighted by molar-refractivity contribution is -0.116. The number of anilines is 3. The summed E-state index contributed by atoms with van der Waals surface area (Å²) in [4.78, 5) is 23.0. The lowest BCUT2D eigenvalue weighted by atomic mass is 9.71. The number of aromatic nitrogens is 3. The fourth-order valence-corrected chi connectivity index (χ4v) is 6.49. The molecule has 1 saturated heterocycles. The molecule has 4 aromatic rings. The Labute approximate surface area is 235 Å². The van der Waals surface area contributed by atoms with Crippen molar-refractivity contribution >= 4 is 39.7 Å². The Hall–Kier alpha value is -4.09. The van der Waals surface area contributed by atoms with Crippen molar-refractivity contribution in [3.05, 3.63) is 70.7 Å². The molecule has 10 nitrogen and oxygen atoms in total. The number of rotatable bonds is 7. The number of fused-ring (bicyclic) bond motifs is 1. The van der Waals surface area contributed by atoms with Crippen molar-refractivity contribution in [3.8, 4) is 11.6 Å². The first-order valence-electron chi connectivity index (χ1n) is 13.6. The molecular formula is C29H29N7O3S. The van der Waals surface area contributed by atoms with Gasteiger partial charge in [-0.2, -0.15) is 0 Å². The molecule has 0 spiro atoms. The van der Waals surface area contributed by atoms with Crippen LogP contribution in [0.25, 0.3) is 11.6 Å². The average molecular weight is 556 g/mol. The van der Waals surface area contributed by atoms with Crippen molar-refractivity contribution in [2.24, 2.45) is 4.99 Å². The van der Waals surface area contributed by atoms with Gasteiger partial charge in [0.1, 0.15) is 10.0 Å². The summed E-state index contributed by atoms with van der Waals surface area (Å²) in [6.07, 6.45) is 3.39. The SMILES string of the molecule is CC1(c2nc(-c3nnc(N[C@H]4N=C(c5ccccc5)c5ccccc5NC4=O)o3)c(N[C@@H]3CCOC3)s2)CCC1. The van der Waals surface area contributed by atoms with Gasteiger partial charge in [-0.15, -0.1) is 16.4 Å². The Bertz CT molecular complexity index is 1570. The molecule has 2 aromatic carbocycles. The lowest BCUT2D eigenvalue weighted by Gasteiger charge is -2.36. The Morgan fingerprint density at radius 1 is 1.05 bits per heavy atom. The number of carbonyl (C=O) groups is 1. The van der Waals surface area contributed by atoms with Crippen LogP contribution in [-0.2, 0) is 14.9 Å². The van der Waals surface area contributed by atoms with Gasteiger partial charge in [0.25, 0.3) is 11.8 Å². The smallest absolute Gasteiger partial charge is 0.317 e. The molecule has 204 valence electrons. The normalized spacial score (nSPS) is 21.5. The highest BCUT2D eigenvalue weighted by molar-refractivity contribution is 7.16. The minimum absolute atomic E-state index is 0.0720. The van der Waals surface area contributed by atoms with Gasteiger partial charge in [-0.25, -0.2) is 9.98 Å². The first-order valence-corrected chi connectivity index (χ1v) is 14.4. The summed E-state index contributed by atoms with van der Waals surface area (Å²) in [7, 11) is 0. The molecule has 2 fully saturated rings. The van der Waals surface area contributed by atoms with E-state index in [9.17, 15) is 4.79 Å². The van der Waals surface area contributed by atoms with Gasteiger partial charge in [0.05, 0.1) is 24.0 Å². The molecule has 7 rings (SSSR count). The van der Waals surface area contributed by atoms with Crippen LogP contribution in [0.5, 0.6) is 0 Å². The van der Waals surface area contributed by atoms with Crippen molar-refractivity contribution < 1.29 is 13.9 Å². The third kappa shape index (κ3) is 4.65. The highest BCUT2D eigenvalue weighted by Crippen LogP contribution is 2.48. The van der Waals surface area contributed by atoms with E-state index in [1.807, 2.05) is 54.6 Å². The Morgan fingerprint density at radius 2 is 1.88 bits per heavy atom. The maximum absolute atomic E-state index is 13.2. The number of amides is 1. The van der Waals surface area contributed by atoms with E-state index < -0.39 is 6.17 Å². The van der Waals surface area contributed by atoms with E-state index in [4.69, 9.17) is 19.1 Å². The second-order valence-corrected chi connectivity index (χ2v) is 11.7. The largest absolute Gasteiger partial charge is 0.402 e. The summed E-state index contributed by atoms with van der Waals surface area (Å²) in [5.74, 6) is -0.0329. The Balaban J connectivity index is 1.20. The van der Waals surface area contributed by atoms with E-state index in [1.54, 1.807) is 11.3 Å². The van der Waals surface area contributed by atoms with E-state index in [1.165, 1.54) is 6.42 Å². The number of ether oxygens (including phenoxy) is 1. The van der Waals surface area contributed by atoms with Gasteiger partial charge >= 0.3 is 6.01 Å². The van der Waals surface area contributed by atoms with Crippen molar-refractivity contribution in [1.29, 1.82) is 0 Å². The Morgan fingerprint density at radius 3 is 2.65 bits per heavy atom. The minimum Gasteiger partial charge on any atom is -0.402 e. The highest BCUT2D eigenvalue weighted by Gasteiger charge is 2.38. The number of benzodiazepines with no additional fused rings is 1. The molecule has 1 saturated carbocycles. The van der Waals surface area contributed by atoms with Gasteiger partial charge in [0, 0.05) is 23.1 Å². The number of hydrogen-bond acceptors (Lipinski definition) is 10. The number of nitrogens with one attached hydrogen (secondary N) is 3. The van der Waals surface area contributed by atoms with Gasteiger partial charge in [-0.3, -0.25) is 4.79 Å². The molecule has 2 atom stereocenters. The van der Waals surface area contributed by atoms with E-state index in [2.05, 4.69) is 33.1 Å². The maximum Gasteiger partial charge on any atom is 0.317 e. The number of hydrogen-bond donors (Lipinski definition) is 3. The van der Waals surface area contributed by atoms with Gasteiger partial charge < -0.3 is 25.1 Å². The molecular weight excluding hydrogens is 526 g/mol. The number of thiazole rings is 1. The topological polar surface area (TPSA) is 127 Å². The van der Waals surface area contributed by atoms with Crippen LogP contribution in [0.15, 0.2) is 64.0 Å². The van der Waals surface area contributed by atoms with Crippen LogP contribution in [0.3, 0.4) is 0 Å². The van der Waals surface area contributed by atoms with E-state index in [0.29, 0.717) is 29.6 Å². The molecule has 0 unspecified atom stereocenters. The van der Waals surface area contributed by atoms with Crippen LogP contribution in [0.4, 0.5) is 16.7 Å². The van der Waals surface area contributed by atoms with Crippen molar-refractivity contribution in [2.75, 3.05) is 29.2 Å². The lowest BCUT2D eigenvalue weighted by Crippen LogP contribution is -2.32. The zero-order valence-corrected chi connectivity index (χ0v) is 22.8. The number of carbonyl (C=O) groups excluding carboxylic acids is 1. The number of para-hydroxylation sites is 1. The monoisotopic (exact) mass is 555 g/mol. The van der Waals surface area contributed by atoms with Crippen LogP contribution in [0.2, 0.25) is 0 Å². The molecule has 11 heteroatoms. The molecule has 3 N–H and O–H groups in total. The summed E-state index contributed by atoms with van der Waals surface area (Å²) >= 11 is 1.65. The van der Waals surface area contributed by atoms with E-state index >= 15 is 0 Å². The maximum atomic E-state index is 13.2. The van der Waals surface area contributed by atoms with Crippen molar-refractivity contribution in [2.45, 2.75) is 50.2 Å². The summed E-state index contributed by atoms with van der Waals surface area (Å²) in [6, 6.07) is 17.7. The fraction of sp³-hybridized carbons (Fsp3) is 0.345. The average Bonchev–Trinajstić information content (AvgIpc) is 3.71. The molecule has 4 heterocycles. The molecule has 2 aromatic heterocycles. The first-order chi connectivity index (χ1) is 19.6. The molecule has 1 aliphatic carbocycles. The van der Waals surface area contributed by atoms with Crippen molar-refractivity contribution in [3.63, 3.8) is 0 Å². The Kier molecular flexibility index (Phi) is 6.32. The first kappa shape index (κ1) is 24.9.